The number of nitrogens with zero attached hydrogens (tertiary/aromatic N) is 1. The third kappa shape index (κ3) is 3.03. The number of amides is 1. The zero-order valence-corrected chi connectivity index (χ0v) is 9.49. The van der Waals surface area contributed by atoms with Crippen LogP contribution in [0.25, 0.3) is 0 Å². The van der Waals surface area contributed by atoms with E-state index in [4.69, 9.17) is 0 Å². The van der Waals surface area contributed by atoms with Crippen molar-refractivity contribution in [2.45, 2.75) is 32.2 Å². The van der Waals surface area contributed by atoms with Crippen LogP contribution in [0.2, 0.25) is 0 Å². The third-order valence-corrected chi connectivity index (χ3v) is 2.75. The Morgan fingerprint density at radius 3 is 3.19 bits per heavy atom. The predicted octanol–water partition coefficient (Wildman–Crippen LogP) is 1.47. The second-order valence-corrected chi connectivity index (χ2v) is 4.30. The highest BCUT2D eigenvalue weighted by molar-refractivity contribution is 5.91. The van der Waals surface area contributed by atoms with E-state index in [1.165, 1.54) is 6.42 Å². The van der Waals surface area contributed by atoms with Crippen LogP contribution in [0.15, 0.2) is 18.5 Å². The first kappa shape index (κ1) is 11.1. The summed E-state index contributed by atoms with van der Waals surface area (Å²) in [5.74, 6) is 0.0619. The van der Waals surface area contributed by atoms with Crippen LogP contribution in [0.3, 0.4) is 0 Å². The highest BCUT2D eigenvalue weighted by Crippen LogP contribution is 2.11. The SMILES string of the molecule is Cc1cncc(NC(=O)CC2CCCN2)c1. The van der Waals surface area contributed by atoms with Gasteiger partial charge in [-0.1, -0.05) is 0 Å². The Labute approximate surface area is 95.5 Å². The molecule has 0 aromatic carbocycles. The normalized spacial score (nSPS) is 19.7. The van der Waals surface area contributed by atoms with E-state index in [-0.39, 0.29) is 5.91 Å². The second kappa shape index (κ2) is 5.07. The van der Waals surface area contributed by atoms with Crippen molar-refractivity contribution in [3.05, 3.63) is 24.0 Å². The molecule has 16 heavy (non-hydrogen) atoms. The molecule has 2 N–H and O–H groups in total. The van der Waals surface area contributed by atoms with Gasteiger partial charge in [-0.25, -0.2) is 0 Å². The summed E-state index contributed by atoms with van der Waals surface area (Å²) in [4.78, 5) is 15.7. The van der Waals surface area contributed by atoms with Crippen molar-refractivity contribution in [1.29, 1.82) is 0 Å². The van der Waals surface area contributed by atoms with E-state index in [0.717, 1.165) is 24.2 Å². The number of rotatable bonds is 3. The number of hydrogen-bond donors (Lipinski definition) is 2. The lowest BCUT2D eigenvalue weighted by atomic mass is 10.1. The lowest BCUT2D eigenvalue weighted by Crippen LogP contribution is -2.27. The van der Waals surface area contributed by atoms with Crippen molar-refractivity contribution >= 4 is 11.6 Å². The van der Waals surface area contributed by atoms with Crippen LogP contribution in [-0.2, 0) is 4.79 Å². The smallest absolute Gasteiger partial charge is 0.225 e. The van der Waals surface area contributed by atoms with Gasteiger partial charge in [0.1, 0.15) is 0 Å². The summed E-state index contributed by atoms with van der Waals surface area (Å²) < 4.78 is 0. The van der Waals surface area contributed by atoms with E-state index in [9.17, 15) is 4.79 Å². The molecule has 2 rings (SSSR count). The predicted molar refractivity (Wildman–Crippen MR) is 63.2 cm³/mol. The molecule has 1 saturated heterocycles. The summed E-state index contributed by atoms with van der Waals surface area (Å²) in [6, 6.07) is 2.27. The topological polar surface area (TPSA) is 54.0 Å². The molecule has 0 bridgehead atoms. The molecule has 1 amide bonds. The van der Waals surface area contributed by atoms with Crippen molar-refractivity contribution in [3.8, 4) is 0 Å². The number of nitrogens with one attached hydrogen (secondary N) is 2. The van der Waals surface area contributed by atoms with Gasteiger partial charge in [-0.3, -0.25) is 9.78 Å². The Bertz CT molecular complexity index is 372. The average Bonchev–Trinajstić information content (AvgIpc) is 2.70. The molecule has 1 unspecified atom stereocenters. The van der Waals surface area contributed by atoms with Crippen LogP contribution in [0.5, 0.6) is 0 Å². The van der Waals surface area contributed by atoms with Crippen LogP contribution in [-0.4, -0.2) is 23.5 Å². The molecule has 0 aliphatic carbocycles. The Kier molecular flexibility index (Phi) is 3.51. The zero-order valence-electron chi connectivity index (χ0n) is 9.49. The summed E-state index contributed by atoms with van der Waals surface area (Å²) in [5, 5.41) is 6.18. The Morgan fingerprint density at radius 1 is 1.62 bits per heavy atom. The lowest BCUT2D eigenvalue weighted by molar-refractivity contribution is -0.116. The quantitative estimate of drug-likeness (QED) is 0.809. The Balaban J connectivity index is 1.86. The monoisotopic (exact) mass is 219 g/mol. The van der Waals surface area contributed by atoms with Crippen molar-refractivity contribution < 1.29 is 4.79 Å². The minimum absolute atomic E-state index is 0.0619. The van der Waals surface area contributed by atoms with Gasteiger partial charge in [0.25, 0.3) is 0 Å². The molecule has 86 valence electrons. The van der Waals surface area contributed by atoms with Gasteiger partial charge in [0.05, 0.1) is 11.9 Å². The first-order valence-electron chi connectivity index (χ1n) is 5.69. The average molecular weight is 219 g/mol. The summed E-state index contributed by atoms with van der Waals surface area (Å²) >= 11 is 0. The van der Waals surface area contributed by atoms with Crippen LogP contribution in [0.4, 0.5) is 5.69 Å². The zero-order chi connectivity index (χ0) is 11.4. The molecule has 1 fully saturated rings. The van der Waals surface area contributed by atoms with E-state index in [0.29, 0.717) is 12.5 Å². The summed E-state index contributed by atoms with van der Waals surface area (Å²) in [6.07, 6.45) is 6.26. The number of hydrogen-bond acceptors (Lipinski definition) is 3. The fraction of sp³-hybridized carbons (Fsp3) is 0.500. The molecule has 1 aromatic heterocycles. The Morgan fingerprint density at radius 2 is 2.50 bits per heavy atom. The van der Waals surface area contributed by atoms with Crippen LogP contribution >= 0.6 is 0 Å². The fourth-order valence-corrected chi connectivity index (χ4v) is 1.99. The molecule has 4 nitrogen and oxygen atoms in total. The van der Waals surface area contributed by atoms with Crippen molar-refractivity contribution in [2.24, 2.45) is 0 Å². The van der Waals surface area contributed by atoms with Gasteiger partial charge >= 0.3 is 0 Å². The van der Waals surface area contributed by atoms with Gasteiger partial charge < -0.3 is 10.6 Å². The minimum atomic E-state index is 0.0619. The molecule has 4 heteroatoms. The van der Waals surface area contributed by atoms with Gasteiger partial charge in [-0.2, -0.15) is 0 Å². The molecule has 0 spiro atoms. The fourth-order valence-electron chi connectivity index (χ4n) is 1.99. The summed E-state index contributed by atoms with van der Waals surface area (Å²) in [7, 11) is 0. The number of aromatic nitrogens is 1. The molecular weight excluding hydrogens is 202 g/mol. The molecule has 0 saturated carbocycles. The maximum atomic E-state index is 11.7. The maximum Gasteiger partial charge on any atom is 0.225 e. The van der Waals surface area contributed by atoms with Gasteiger partial charge in [-0.15, -0.1) is 0 Å². The standard InChI is InChI=1S/C12H17N3O/c1-9-5-11(8-13-7-9)15-12(16)6-10-3-2-4-14-10/h5,7-8,10,14H,2-4,6H2,1H3,(H,15,16). The highest BCUT2D eigenvalue weighted by atomic mass is 16.1. The number of aryl methyl sites for hydroxylation is 1. The largest absolute Gasteiger partial charge is 0.325 e. The van der Waals surface area contributed by atoms with Crippen molar-refractivity contribution in [3.63, 3.8) is 0 Å². The number of pyridine rings is 1. The minimum Gasteiger partial charge on any atom is -0.325 e. The van der Waals surface area contributed by atoms with E-state index >= 15 is 0 Å². The highest BCUT2D eigenvalue weighted by Gasteiger charge is 2.17. The van der Waals surface area contributed by atoms with E-state index in [2.05, 4.69) is 15.6 Å². The van der Waals surface area contributed by atoms with E-state index < -0.39 is 0 Å². The number of anilines is 1. The third-order valence-electron chi connectivity index (χ3n) is 2.75. The van der Waals surface area contributed by atoms with E-state index in [1.54, 1.807) is 12.4 Å². The number of carbonyl (C=O) groups is 1. The molecule has 1 atom stereocenters. The molecule has 2 heterocycles. The van der Waals surface area contributed by atoms with Gasteiger partial charge in [0, 0.05) is 18.7 Å². The van der Waals surface area contributed by atoms with Gasteiger partial charge in [-0.05, 0) is 37.9 Å². The maximum absolute atomic E-state index is 11.7. The molecule has 1 aliphatic rings. The van der Waals surface area contributed by atoms with Crippen molar-refractivity contribution in [1.82, 2.24) is 10.3 Å². The van der Waals surface area contributed by atoms with Crippen LogP contribution in [0, 0.1) is 6.92 Å². The molecule has 1 aliphatic heterocycles. The Hall–Kier alpha value is -1.42. The molecular formula is C12H17N3O. The van der Waals surface area contributed by atoms with Crippen molar-refractivity contribution in [2.75, 3.05) is 11.9 Å². The first-order chi connectivity index (χ1) is 7.74. The van der Waals surface area contributed by atoms with Gasteiger partial charge in [0.2, 0.25) is 5.91 Å². The summed E-state index contributed by atoms with van der Waals surface area (Å²) in [6.45, 7) is 2.99. The van der Waals surface area contributed by atoms with Gasteiger partial charge in [0.15, 0.2) is 0 Å². The second-order valence-electron chi connectivity index (χ2n) is 4.30. The van der Waals surface area contributed by atoms with Crippen LogP contribution < -0.4 is 10.6 Å². The first-order valence-corrected chi connectivity index (χ1v) is 5.69. The summed E-state index contributed by atoms with van der Waals surface area (Å²) in [5.41, 5.74) is 1.83. The molecule has 0 radical (unpaired) electrons. The lowest BCUT2D eigenvalue weighted by Gasteiger charge is -2.10. The molecule has 1 aromatic rings. The van der Waals surface area contributed by atoms with Crippen LogP contribution in [0.1, 0.15) is 24.8 Å². The number of carbonyl (C=O) groups excluding carboxylic acids is 1. The van der Waals surface area contributed by atoms with E-state index in [1.807, 2.05) is 13.0 Å².